The van der Waals surface area contributed by atoms with E-state index in [1.54, 1.807) is 0 Å². The largest absolute Gasteiger partial charge is 0.491 e. The van der Waals surface area contributed by atoms with Crippen LogP contribution in [0.1, 0.15) is 89.0 Å². The van der Waals surface area contributed by atoms with Crippen molar-refractivity contribution in [2.24, 2.45) is 17.8 Å². The Labute approximate surface area is 358 Å². The van der Waals surface area contributed by atoms with E-state index in [1.807, 2.05) is 43.3 Å². The number of fused-ring (bicyclic) bond motifs is 5. The first-order chi connectivity index (χ1) is 29.4. The number of rotatable bonds is 11. The van der Waals surface area contributed by atoms with Crippen LogP contribution in [0.3, 0.4) is 0 Å². The Balaban J connectivity index is 1.16. The lowest BCUT2D eigenvalue weighted by Gasteiger charge is -2.32. The van der Waals surface area contributed by atoms with Gasteiger partial charge in [-0.1, -0.05) is 43.2 Å². The molecule has 1 aromatic carbocycles. The molecule has 5 fully saturated rings. The molecular weight excluding hydrogens is 801 g/mol. The number of amides is 4. The summed E-state index contributed by atoms with van der Waals surface area (Å²) in [5.74, 6) is -1.40. The summed E-state index contributed by atoms with van der Waals surface area (Å²) >= 11 is 0. The highest BCUT2D eigenvalue weighted by Gasteiger charge is 2.62. The molecule has 15 nitrogen and oxygen atoms in total. The number of sulfonamides is 1. The molecule has 2 aliphatic heterocycles. The number of likely N-dealkylation sites (N-methyl/N-ethyl adjacent to an activating group) is 1. The Kier molecular flexibility index (Phi) is 12.6. The number of allylic oxidation sites excluding steroid dienone is 2. The summed E-state index contributed by atoms with van der Waals surface area (Å²) in [6.45, 7) is 4.93. The van der Waals surface area contributed by atoms with Gasteiger partial charge >= 0.3 is 6.09 Å². The summed E-state index contributed by atoms with van der Waals surface area (Å²) < 4.78 is 47.4. The van der Waals surface area contributed by atoms with E-state index >= 15 is 4.79 Å². The molecule has 0 unspecified atom stereocenters. The lowest BCUT2D eigenvalue weighted by molar-refractivity contribution is -0.142. The second kappa shape index (κ2) is 18.0. The highest BCUT2D eigenvalue weighted by Crippen LogP contribution is 2.46. The number of ether oxygens (including phenoxy) is 3. The van der Waals surface area contributed by atoms with Crippen molar-refractivity contribution in [1.29, 1.82) is 0 Å². The molecule has 1 saturated heterocycles. The number of nitrogens with one attached hydrogen (secondary N) is 3. The maximum Gasteiger partial charge on any atom is 0.408 e. The number of hydrogen-bond donors (Lipinski definition) is 3. The third-order valence-corrected chi connectivity index (χ3v) is 15.3. The fraction of sp³-hybridized carbons (Fsp3) is 0.622. The number of hydrogen-bond acceptors (Lipinski definition) is 11. The van der Waals surface area contributed by atoms with Gasteiger partial charge in [0, 0.05) is 24.3 Å². The molecule has 4 saturated carbocycles. The van der Waals surface area contributed by atoms with Gasteiger partial charge in [-0.05, 0) is 109 Å². The lowest BCUT2D eigenvalue weighted by atomic mass is 9.96. The van der Waals surface area contributed by atoms with E-state index in [0.29, 0.717) is 49.6 Å². The maximum absolute atomic E-state index is 15.0. The summed E-state index contributed by atoms with van der Waals surface area (Å²) in [7, 11) is 0.0588. The molecule has 3 heterocycles. The van der Waals surface area contributed by atoms with Crippen molar-refractivity contribution in [3.8, 4) is 11.6 Å². The van der Waals surface area contributed by atoms with Gasteiger partial charge in [0.2, 0.25) is 27.7 Å². The van der Waals surface area contributed by atoms with Crippen LogP contribution in [0.4, 0.5) is 4.79 Å². The Bertz CT molecular complexity index is 2150. The minimum Gasteiger partial charge on any atom is -0.491 e. The highest BCUT2D eigenvalue weighted by atomic mass is 32.2. The normalized spacial score (nSPS) is 29.7. The van der Waals surface area contributed by atoms with E-state index in [4.69, 9.17) is 19.2 Å². The van der Waals surface area contributed by atoms with Gasteiger partial charge in [-0.15, -0.1) is 6.58 Å². The van der Waals surface area contributed by atoms with Crippen LogP contribution in [0.5, 0.6) is 11.6 Å². The van der Waals surface area contributed by atoms with Crippen LogP contribution in [0.15, 0.2) is 49.1 Å². The van der Waals surface area contributed by atoms with Gasteiger partial charge in [0.1, 0.15) is 42.2 Å². The fourth-order valence-corrected chi connectivity index (χ4v) is 11.2. The van der Waals surface area contributed by atoms with Gasteiger partial charge in [0.15, 0.2) is 0 Å². The van der Waals surface area contributed by atoms with Crippen molar-refractivity contribution in [1.82, 2.24) is 30.1 Å². The summed E-state index contributed by atoms with van der Waals surface area (Å²) in [4.78, 5) is 65.6. The van der Waals surface area contributed by atoms with Gasteiger partial charge in [0.25, 0.3) is 5.91 Å². The number of para-hydroxylation sites is 1. The SMILES string of the molecule is C=C[C@@H]1C[C@]1(NC(=O)[C@@H]1C[C@@H]2CN1C(=O)[C@H](C1CCCC1)NC(=O)O[C@@H]1CCC[C@H]1CCC=CCc1c(nc3ccccc3c1OCCN(C)C)O2)C(=O)NS(=O)(=O)C1CC1. The molecule has 61 heavy (non-hydrogen) atoms. The van der Waals surface area contributed by atoms with Crippen LogP contribution < -0.4 is 24.8 Å². The minimum atomic E-state index is -3.91. The topological polar surface area (TPSA) is 186 Å². The van der Waals surface area contributed by atoms with Gasteiger partial charge in [-0.3, -0.25) is 19.1 Å². The Hall–Kier alpha value is -4.70. The van der Waals surface area contributed by atoms with Crippen LogP contribution in [0, 0.1) is 17.8 Å². The maximum atomic E-state index is 15.0. The van der Waals surface area contributed by atoms with E-state index in [0.717, 1.165) is 68.7 Å². The van der Waals surface area contributed by atoms with Gasteiger partial charge in [-0.25, -0.2) is 18.2 Å². The number of aromatic nitrogens is 1. The second-order valence-corrected chi connectivity index (χ2v) is 20.1. The van der Waals surface area contributed by atoms with Crippen molar-refractivity contribution >= 4 is 44.7 Å². The number of carbonyl (C=O) groups is 4. The predicted molar refractivity (Wildman–Crippen MR) is 228 cm³/mol. The van der Waals surface area contributed by atoms with E-state index in [9.17, 15) is 22.8 Å². The molecule has 1 aromatic heterocycles. The monoisotopic (exact) mass is 860 g/mol. The van der Waals surface area contributed by atoms with E-state index in [2.05, 4.69) is 34.1 Å². The smallest absolute Gasteiger partial charge is 0.408 e. The lowest BCUT2D eigenvalue weighted by Crippen LogP contribution is -2.59. The molecule has 330 valence electrons. The number of pyridine rings is 1. The standard InChI is InChI=1S/C45H60N6O9S/c1-4-30-26-45(30,43(54)49-61(56,57)32-21-22-32)48-40(52)36-25-31-27-51(36)42(53)38(29-14-8-9-15-29)47-44(55)60-37-20-12-16-28(37)13-6-5-7-18-34-39(58-24-23-50(2)3)33-17-10-11-19-35(33)46-41(34)59-31/h4-5,7,10-11,17,19,28-32,36-38H,1,6,8-9,12-16,18,20-27H2,2-3H3,(H,47,55)(H,48,52)(H,49,54)/t28-,30-,31-,36+,37-,38+,45-/m1/s1. The second-order valence-electron chi connectivity index (χ2n) is 18.1. The average molecular weight is 861 g/mol. The van der Waals surface area contributed by atoms with E-state index < -0.39 is 68.7 Å². The summed E-state index contributed by atoms with van der Waals surface area (Å²) in [5.41, 5.74) is -0.135. The van der Waals surface area contributed by atoms with Crippen molar-refractivity contribution in [2.45, 2.75) is 125 Å². The van der Waals surface area contributed by atoms with E-state index in [-0.39, 0.29) is 37.3 Å². The number of alkyl carbamates (subject to hydrolysis) is 1. The zero-order valence-corrected chi connectivity index (χ0v) is 36.1. The number of carbonyl (C=O) groups excluding carboxylic acids is 4. The zero-order valence-electron chi connectivity index (χ0n) is 35.3. The quantitative estimate of drug-likeness (QED) is 0.270. The summed E-state index contributed by atoms with van der Waals surface area (Å²) in [6, 6.07) is 5.63. The highest BCUT2D eigenvalue weighted by molar-refractivity contribution is 7.91. The van der Waals surface area contributed by atoms with Crippen LogP contribution in [0.2, 0.25) is 0 Å². The predicted octanol–water partition coefficient (Wildman–Crippen LogP) is 4.54. The minimum absolute atomic E-state index is 0.0116. The van der Waals surface area contributed by atoms with Crippen LogP contribution in [0.25, 0.3) is 10.9 Å². The number of nitrogens with zero attached hydrogens (tertiary/aromatic N) is 3. The van der Waals surface area contributed by atoms with Crippen LogP contribution in [-0.2, 0) is 35.6 Å². The molecule has 8 rings (SSSR count). The van der Waals surface area contributed by atoms with Crippen LogP contribution >= 0.6 is 0 Å². The Morgan fingerprint density at radius 2 is 1.80 bits per heavy atom. The van der Waals surface area contributed by atoms with E-state index in [1.165, 1.54) is 11.0 Å². The molecule has 2 aromatic rings. The average Bonchev–Trinajstić information content (AvgIpc) is 4.02. The van der Waals surface area contributed by atoms with Crippen molar-refractivity contribution in [3.63, 3.8) is 0 Å². The Morgan fingerprint density at radius 1 is 1.03 bits per heavy atom. The van der Waals surface area contributed by atoms with Gasteiger partial charge in [-0.2, -0.15) is 0 Å². The third kappa shape index (κ3) is 9.40. The van der Waals surface area contributed by atoms with Gasteiger partial charge in [0.05, 0.1) is 22.9 Å². The third-order valence-electron chi connectivity index (χ3n) is 13.5. The van der Waals surface area contributed by atoms with Gasteiger partial charge < -0.3 is 34.6 Å². The zero-order chi connectivity index (χ0) is 42.9. The molecule has 3 N–H and O–H groups in total. The molecule has 7 atom stereocenters. The molecule has 0 spiro atoms. The van der Waals surface area contributed by atoms with Crippen molar-refractivity contribution in [3.05, 3.63) is 54.6 Å². The first-order valence-corrected chi connectivity index (χ1v) is 23.7. The molecular formula is C45H60N6O9S. The van der Waals surface area contributed by atoms with Crippen molar-refractivity contribution < 1.29 is 41.8 Å². The molecule has 6 aliphatic rings. The number of benzene rings is 1. The molecule has 0 radical (unpaired) electrons. The molecule has 4 aliphatic carbocycles. The van der Waals surface area contributed by atoms with Crippen LogP contribution in [-0.4, -0.2) is 116 Å². The first-order valence-electron chi connectivity index (χ1n) is 22.2. The molecule has 4 amide bonds. The molecule has 16 heteroatoms. The van der Waals surface area contributed by atoms with Crippen molar-refractivity contribution in [2.75, 3.05) is 33.8 Å². The first kappa shape index (κ1) is 43.0. The molecule has 2 bridgehead atoms. The fourth-order valence-electron chi connectivity index (χ4n) is 9.79. The summed E-state index contributed by atoms with van der Waals surface area (Å²) in [6.07, 6.45) is 13.2. The summed E-state index contributed by atoms with van der Waals surface area (Å²) in [5, 5.41) is 6.04. The Morgan fingerprint density at radius 3 is 2.54 bits per heavy atom.